The van der Waals surface area contributed by atoms with Crippen LogP contribution in [-0.4, -0.2) is 18.2 Å². The van der Waals surface area contributed by atoms with Crippen LogP contribution < -0.4 is 4.74 Å². The highest BCUT2D eigenvalue weighted by atomic mass is 79.9. The van der Waals surface area contributed by atoms with Crippen LogP contribution in [0.3, 0.4) is 0 Å². The fourth-order valence-corrected chi connectivity index (χ4v) is 2.82. The van der Waals surface area contributed by atoms with E-state index in [9.17, 15) is 4.79 Å². The molecule has 2 aromatic rings. The fraction of sp³-hybridized carbons (Fsp3) is 0.133. The second-order valence-corrected chi connectivity index (χ2v) is 6.05. The number of halogens is 1. The van der Waals surface area contributed by atoms with E-state index in [4.69, 9.17) is 9.84 Å². The monoisotopic (exact) mass is 352 g/mol. The van der Waals surface area contributed by atoms with Crippen LogP contribution >= 0.6 is 27.7 Å². The van der Waals surface area contributed by atoms with Crippen molar-refractivity contribution in [3.63, 3.8) is 0 Å². The van der Waals surface area contributed by atoms with Crippen molar-refractivity contribution >= 4 is 33.7 Å². The summed E-state index contributed by atoms with van der Waals surface area (Å²) in [6.45, 7) is 0. The van der Waals surface area contributed by atoms with Gasteiger partial charge in [-0.15, -0.1) is 11.8 Å². The normalized spacial score (nSPS) is 10.3. The minimum Gasteiger partial charge on any atom is -0.496 e. The lowest BCUT2D eigenvalue weighted by Crippen LogP contribution is -2.01. The second kappa shape index (κ2) is 6.81. The summed E-state index contributed by atoms with van der Waals surface area (Å²) < 4.78 is 6.09. The fourth-order valence-electron chi connectivity index (χ4n) is 1.71. The number of carboxylic acids is 1. The number of hydrogen-bond acceptors (Lipinski definition) is 3. The number of aromatic carboxylic acids is 1. The molecule has 0 saturated heterocycles. The van der Waals surface area contributed by atoms with Crippen molar-refractivity contribution < 1.29 is 14.6 Å². The minimum absolute atomic E-state index is 0.196. The molecule has 0 aliphatic rings. The Morgan fingerprint density at radius 2 is 1.95 bits per heavy atom. The predicted octanol–water partition coefficient (Wildman–Crippen LogP) is 4.45. The summed E-state index contributed by atoms with van der Waals surface area (Å²) in [6, 6.07) is 13.3. The third kappa shape index (κ3) is 3.77. The van der Waals surface area contributed by atoms with E-state index in [0.717, 1.165) is 14.9 Å². The van der Waals surface area contributed by atoms with Gasteiger partial charge < -0.3 is 9.84 Å². The Bertz CT molecular complexity index is 611. The Kier molecular flexibility index (Phi) is 5.09. The zero-order valence-corrected chi connectivity index (χ0v) is 13.2. The van der Waals surface area contributed by atoms with Crippen LogP contribution in [0.25, 0.3) is 0 Å². The van der Waals surface area contributed by atoms with Gasteiger partial charge in [0.25, 0.3) is 0 Å². The van der Waals surface area contributed by atoms with Crippen LogP contribution in [0.1, 0.15) is 15.9 Å². The standard InChI is InChI=1S/C15H13BrO3S/c1-19-14-7-2-10(8-13(14)15(17)18)9-20-12-5-3-11(16)4-6-12/h2-8H,9H2,1H3,(H,17,18). The van der Waals surface area contributed by atoms with Crippen LogP contribution in [0, 0.1) is 0 Å². The SMILES string of the molecule is COc1ccc(CSc2ccc(Br)cc2)cc1C(=O)O. The van der Waals surface area contributed by atoms with Crippen LogP contribution in [0.2, 0.25) is 0 Å². The zero-order valence-electron chi connectivity index (χ0n) is 10.8. The molecule has 2 rings (SSSR count). The van der Waals surface area contributed by atoms with Gasteiger partial charge >= 0.3 is 5.97 Å². The lowest BCUT2D eigenvalue weighted by atomic mass is 10.1. The number of rotatable bonds is 5. The van der Waals surface area contributed by atoms with Crippen molar-refractivity contribution in [2.45, 2.75) is 10.6 Å². The molecule has 0 amide bonds. The highest BCUT2D eigenvalue weighted by Crippen LogP contribution is 2.27. The molecule has 0 saturated carbocycles. The smallest absolute Gasteiger partial charge is 0.339 e. The molecule has 20 heavy (non-hydrogen) atoms. The molecular weight excluding hydrogens is 340 g/mol. The minimum atomic E-state index is -0.975. The van der Waals surface area contributed by atoms with Gasteiger partial charge in [-0.1, -0.05) is 22.0 Å². The van der Waals surface area contributed by atoms with Crippen LogP contribution in [0.5, 0.6) is 5.75 Å². The highest BCUT2D eigenvalue weighted by molar-refractivity contribution is 9.10. The molecule has 0 bridgehead atoms. The van der Waals surface area contributed by atoms with E-state index in [0.29, 0.717) is 11.5 Å². The molecule has 0 radical (unpaired) electrons. The van der Waals surface area contributed by atoms with Crippen molar-refractivity contribution in [3.05, 3.63) is 58.1 Å². The van der Waals surface area contributed by atoms with E-state index in [2.05, 4.69) is 15.9 Å². The molecule has 0 heterocycles. The maximum atomic E-state index is 11.2. The lowest BCUT2D eigenvalue weighted by molar-refractivity contribution is 0.0693. The first-order valence-electron chi connectivity index (χ1n) is 5.88. The van der Waals surface area contributed by atoms with Gasteiger partial charge in [-0.25, -0.2) is 4.79 Å². The van der Waals surface area contributed by atoms with Gasteiger partial charge in [-0.05, 0) is 42.0 Å². The van der Waals surface area contributed by atoms with Crippen molar-refractivity contribution in [1.82, 2.24) is 0 Å². The summed E-state index contributed by atoms with van der Waals surface area (Å²) in [5, 5.41) is 9.14. The molecule has 0 aliphatic heterocycles. The summed E-state index contributed by atoms with van der Waals surface area (Å²) in [5.74, 6) is 0.124. The average Bonchev–Trinajstić information content (AvgIpc) is 2.46. The van der Waals surface area contributed by atoms with E-state index in [-0.39, 0.29) is 5.56 Å². The van der Waals surface area contributed by atoms with Gasteiger partial charge in [0.1, 0.15) is 11.3 Å². The Hall–Kier alpha value is -1.46. The number of carboxylic acid groups (broad SMARTS) is 1. The molecule has 0 aromatic heterocycles. The number of thioether (sulfide) groups is 1. The number of hydrogen-bond donors (Lipinski definition) is 1. The number of carbonyl (C=O) groups is 1. The molecule has 104 valence electrons. The van der Waals surface area contributed by atoms with Gasteiger partial charge in [-0.3, -0.25) is 0 Å². The largest absolute Gasteiger partial charge is 0.496 e. The summed E-state index contributed by atoms with van der Waals surface area (Å²) in [7, 11) is 1.47. The van der Waals surface area contributed by atoms with E-state index in [1.54, 1.807) is 23.9 Å². The maximum Gasteiger partial charge on any atom is 0.339 e. The molecule has 0 unspecified atom stereocenters. The van der Waals surface area contributed by atoms with Crippen molar-refractivity contribution in [1.29, 1.82) is 0 Å². The first kappa shape index (κ1) is 14.9. The van der Waals surface area contributed by atoms with Crippen LogP contribution in [-0.2, 0) is 5.75 Å². The van der Waals surface area contributed by atoms with Crippen molar-refractivity contribution in [3.8, 4) is 5.75 Å². The van der Waals surface area contributed by atoms with Crippen LogP contribution in [0.15, 0.2) is 51.8 Å². The third-order valence-electron chi connectivity index (χ3n) is 2.71. The van der Waals surface area contributed by atoms with Gasteiger partial charge in [-0.2, -0.15) is 0 Å². The average molecular weight is 353 g/mol. The van der Waals surface area contributed by atoms with Gasteiger partial charge in [0.05, 0.1) is 7.11 Å². The van der Waals surface area contributed by atoms with Crippen LogP contribution in [0.4, 0.5) is 0 Å². The zero-order chi connectivity index (χ0) is 14.5. The molecule has 0 spiro atoms. The quantitative estimate of drug-likeness (QED) is 0.807. The maximum absolute atomic E-state index is 11.2. The number of methoxy groups -OCH3 is 1. The Morgan fingerprint density at radius 3 is 2.55 bits per heavy atom. The van der Waals surface area contributed by atoms with E-state index in [1.165, 1.54) is 7.11 Å². The molecular formula is C15H13BrO3S. The van der Waals surface area contributed by atoms with E-state index < -0.39 is 5.97 Å². The molecule has 1 N–H and O–H groups in total. The first-order chi connectivity index (χ1) is 9.60. The van der Waals surface area contributed by atoms with E-state index >= 15 is 0 Å². The second-order valence-electron chi connectivity index (χ2n) is 4.08. The van der Waals surface area contributed by atoms with Gasteiger partial charge in [0, 0.05) is 15.1 Å². The Balaban J connectivity index is 2.11. The summed E-state index contributed by atoms with van der Waals surface area (Å²) in [4.78, 5) is 12.3. The molecule has 2 aromatic carbocycles. The highest BCUT2D eigenvalue weighted by Gasteiger charge is 2.11. The predicted molar refractivity (Wildman–Crippen MR) is 83.7 cm³/mol. The third-order valence-corrected chi connectivity index (χ3v) is 4.33. The summed E-state index contributed by atoms with van der Waals surface area (Å²) in [6.07, 6.45) is 0. The molecule has 0 fully saturated rings. The van der Waals surface area contributed by atoms with Gasteiger partial charge in [0.2, 0.25) is 0 Å². The van der Waals surface area contributed by atoms with Gasteiger partial charge in [0.15, 0.2) is 0 Å². The topological polar surface area (TPSA) is 46.5 Å². The van der Waals surface area contributed by atoms with Crippen molar-refractivity contribution in [2.24, 2.45) is 0 Å². The molecule has 0 aliphatic carbocycles. The number of ether oxygens (including phenoxy) is 1. The summed E-state index contributed by atoms with van der Waals surface area (Å²) >= 11 is 5.06. The molecule has 0 atom stereocenters. The summed E-state index contributed by atoms with van der Waals surface area (Å²) in [5.41, 5.74) is 1.15. The molecule has 3 nitrogen and oxygen atoms in total. The Labute approximate surface area is 130 Å². The Morgan fingerprint density at radius 1 is 1.25 bits per heavy atom. The van der Waals surface area contributed by atoms with E-state index in [1.807, 2.05) is 30.3 Å². The number of benzene rings is 2. The first-order valence-corrected chi connectivity index (χ1v) is 7.66. The lowest BCUT2D eigenvalue weighted by Gasteiger charge is -2.08. The van der Waals surface area contributed by atoms with Crippen molar-refractivity contribution in [2.75, 3.05) is 7.11 Å². The molecule has 5 heteroatoms.